The molecule has 0 aliphatic heterocycles. The van der Waals surface area contributed by atoms with Gasteiger partial charge in [0.05, 0.1) is 7.11 Å². The van der Waals surface area contributed by atoms with E-state index in [1.54, 1.807) is 0 Å². The highest BCUT2D eigenvalue weighted by Crippen LogP contribution is 2.24. The molecular weight excluding hydrogens is 164 g/mol. The molecule has 0 aromatic heterocycles. The van der Waals surface area contributed by atoms with Crippen molar-refractivity contribution in [1.82, 2.24) is 0 Å². The normalized spacial score (nSPS) is 16.6. The average molecular weight is 180 g/mol. The maximum Gasteiger partial charge on any atom is 0.333 e. The Hall–Kier alpha value is -1.05. The Labute approximate surface area is 79.3 Å². The third-order valence-electron chi connectivity index (χ3n) is 2.37. The molecule has 0 spiro atoms. The Morgan fingerprint density at radius 2 is 2.08 bits per heavy atom. The molecule has 1 aliphatic rings. The lowest BCUT2D eigenvalue weighted by Gasteiger charge is -2.15. The molecule has 0 atom stereocenters. The molecule has 0 radical (unpaired) electrons. The third-order valence-corrected chi connectivity index (χ3v) is 2.37. The zero-order chi connectivity index (χ0) is 9.84. The molecule has 0 N–H and O–H groups in total. The number of carbonyl (C=O) groups excluding carboxylic acids is 1. The van der Waals surface area contributed by atoms with Gasteiger partial charge in [0.2, 0.25) is 0 Å². The van der Waals surface area contributed by atoms with E-state index >= 15 is 0 Å². The smallest absolute Gasteiger partial charge is 0.333 e. The van der Waals surface area contributed by atoms with Crippen molar-refractivity contribution >= 4 is 5.97 Å². The van der Waals surface area contributed by atoms with Crippen LogP contribution in [-0.2, 0) is 9.53 Å². The first kappa shape index (κ1) is 10.0. The molecule has 0 aromatic rings. The van der Waals surface area contributed by atoms with Crippen molar-refractivity contribution in [2.45, 2.75) is 26.7 Å². The largest absolute Gasteiger partial charge is 0.466 e. The Morgan fingerprint density at radius 3 is 2.46 bits per heavy atom. The maximum absolute atomic E-state index is 11.1. The van der Waals surface area contributed by atoms with E-state index < -0.39 is 0 Å². The zero-order valence-electron chi connectivity index (χ0n) is 8.46. The molecule has 2 heteroatoms. The van der Waals surface area contributed by atoms with Gasteiger partial charge in [-0.15, -0.1) is 0 Å². The minimum Gasteiger partial charge on any atom is -0.466 e. The predicted molar refractivity (Wildman–Crippen MR) is 52.3 cm³/mol. The van der Waals surface area contributed by atoms with E-state index in [4.69, 9.17) is 0 Å². The van der Waals surface area contributed by atoms with Gasteiger partial charge in [0, 0.05) is 5.57 Å². The van der Waals surface area contributed by atoms with Crippen molar-refractivity contribution in [3.63, 3.8) is 0 Å². The van der Waals surface area contributed by atoms with Crippen LogP contribution >= 0.6 is 0 Å². The number of methoxy groups -OCH3 is 1. The lowest BCUT2D eigenvalue weighted by Crippen LogP contribution is -2.08. The van der Waals surface area contributed by atoms with Crippen LogP contribution in [-0.4, -0.2) is 13.1 Å². The molecule has 1 rings (SSSR count). The van der Waals surface area contributed by atoms with Crippen LogP contribution in [0.25, 0.3) is 0 Å². The van der Waals surface area contributed by atoms with Crippen LogP contribution in [0.15, 0.2) is 23.3 Å². The second-order valence-corrected chi connectivity index (χ2v) is 3.58. The first-order chi connectivity index (χ1) is 6.15. The van der Waals surface area contributed by atoms with Crippen LogP contribution in [0.2, 0.25) is 0 Å². The SMILES string of the molecule is COC(=O)C1=CC=C(C(C)C)CC1. The molecule has 0 bridgehead atoms. The minimum absolute atomic E-state index is 0.195. The molecule has 0 saturated heterocycles. The highest BCUT2D eigenvalue weighted by molar-refractivity contribution is 5.89. The molecule has 0 heterocycles. The zero-order valence-corrected chi connectivity index (χ0v) is 8.46. The molecule has 72 valence electrons. The van der Waals surface area contributed by atoms with Crippen molar-refractivity contribution in [2.24, 2.45) is 5.92 Å². The summed E-state index contributed by atoms with van der Waals surface area (Å²) in [5, 5.41) is 0. The Morgan fingerprint density at radius 1 is 1.38 bits per heavy atom. The third kappa shape index (κ3) is 2.44. The molecule has 1 aliphatic carbocycles. The number of hydrogen-bond donors (Lipinski definition) is 0. The Kier molecular flexibility index (Phi) is 3.29. The average Bonchev–Trinajstić information content (AvgIpc) is 2.17. The Bertz CT molecular complexity index is 259. The summed E-state index contributed by atoms with van der Waals surface area (Å²) in [7, 11) is 1.42. The quantitative estimate of drug-likeness (QED) is 0.610. The van der Waals surface area contributed by atoms with Crippen LogP contribution in [0, 0.1) is 5.92 Å². The van der Waals surface area contributed by atoms with Crippen molar-refractivity contribution in [3.8, 4) is 0 Å². The van der Waals surface area contributed by atoms with Crippen LogP contribution < -0.4 is 0 Å². The van der Waals surface area contributed by atoms with Crippen molar-refractivity contribution < 1.29 is 9.53 Å². The molecule has 0 unspecified atom stereocenters. The van der Waals surface area contributed by atoms with Gasteiger partial charge in [0.15, 0.2) is 0 Å². The molecule has 0 saturated carbocycles. The first-order valence-corrected chi connectivity index (χ1v) is 4.63. The summed E-state index contributed by atoms with van der Waals surface area (Å²) >= 11 is 0. The molecule has 13 heavy (non-hydrogen) atoms. The number of rotatable bonds is 2. The van der Waals surface area contributed by atoms with Gasteiger partial charge in [0.25, 0.3) is 0 Å². The number of hydrogen-bond acceptors (Lipinski definition) is 2. The topological polar surface area (TPSA) is 26.3 Å². The lowest BCUT2D eigenvalue weighted by molar-refractivity contribution is -0.136. The van der Waals surface area contributed by atoms with Gasteiger partial charge >= 0.3 is 5.97 Å². The van der Waals surface area contributed by atoms with E-state index in [0.29, 0.717) is 5.92 Å². The summed E-state index contributed by atoms with van der Waals surface area (Å²) in [5.41, 5.74) is 2.19. The van der Waals surface area contributed by atoms with Crippen molar-refractivity contribution in [2.75, 3.05) is 7.11 Å². The maximum atomic E-state index is 11.1. The van der Waals surface area contributed by atoms with Gasteiger partial charge in [-0.25, -0.2) is 4.79 Å². The summed E-state index contributed by atoms with van der Waals surface area (Å²) in [6.07, 6.45) is 5.72. The van der Waals surface area contributed by atoms with Gasteiger partial charge in [-0.1, -0.05) is 31.6 Å². The van der Waals surface area contributed by atoms with Gasteiger partial charge in [-0.05, 0) is 18.8 Å². The summed E-state index contributed by atoms with van der Waals surface area (Å²) in [6, 6.07) is 0. The second kappa shape index (κ2) is 4.26. The van der Waals surface area contributed by atoms with Crippen molar-refractivity contribution in [3.05, 3.63) is 23.3 Å². The van der Waals surface area contributed by atoms with Crippen LogP contribution in [0.1, 0.15) is 26.7 Å². The van der Waals surface area contributed by atoms with Crippen molar-refractivity contribution in [1.29, 1.82) is 0 Å². The number of ether oxygens (including phenoxy) is 1. The van der Waals surface area contributed by atoms with Crippen LogP contribution in [0.3, 0.4) is 0 Å². The van der Waals surface area contributed by atoms with Gasteiger partial charge < -0.3 is 4.74 Å². The standard InChI is InChI=1S/C11H16O2/c1-8(2)9-4-6-10(7-5-9)11(12)13-3/h4,6,8H,5,7H2,1-3H3. The van der Waals surface area contributed by atoms with E-state index in [0.717, 1.165) is 18.4 Å². The lowest BCUT2D eigenvalue weighted by atomic mass is 9.91. The highest BCUT2D eigenvalue weighted by Gasteiger charge is 2.14. The summed E-state index contributed by atoms with van der Waals surface area (Å²) in [5.74, 6) is 0.384. The van der Waals surface area contributed by atoms with E-state index in [1.165, 1.54) is 12.7 Å². The molecule has 0 aromatic carbocycles. The minimum atomic E-state index is -0.195. The van der Waals surface area contributed by atoms with Gasteiger partial charge in [-0.2, -0.15) is 0 Å². The molecule has 0 amide bonds. The fraction of sp³-hybridized carbons (Fsp3) is 0.545. The number of allylic oxidation sites excluding steroid dienone is 3. The van der Waals surface area contributed by atoms with E-state index in [2.05, 4.69) is 18.6 Å². The van der Waals surface area contributed by atoms with E-state index in [-0.39, 0.29) is 5.97 Å². The molecular formula is C11H16O2. The second-order valence-electron chi connectivity index (χ2n) is 3.58. The Balaban J connectivity index is 2.70. The summed E-state index contributed by atoms with van der Waals surface area (Å²) in [4.78, 5) is 11.1. The first-order valence-electron chi connectivity index (χ1n) is 4.63. The molecule has 0 fully saturated rings. The number of esters is 1. The predicted octanol–water partition coefficient (Wildman–Crippen LogP) is 2.46. The summed E-state index contributed by atoms with van der Waals surface area (Å²) in [6.45, 7) is 4.34. The number of carbonyl (C=O) groups is 1. The van der Waals surface area contributed by atoms with Gasteiger partial charge in [0.1, 0.15) is 0 Å². The van der Waals surface area contributed by atoms with E-state index in [1.807, 2.05) is 12.2 Å². The summed E-state index contributed by atoms with van der Waals surface area (Å²) < 4.78 is 4.65. The van der Waals surface area contributed by atoms with Crippen LogP contribution in [0.4, 0.5) is 0 Å². The van der Waals surface area contributed by atoms with E-state index in [9.17, 15) is 4.79 Å². The monoisotopic (exact) mass is 180 g/mol. The fourth-order valence-corrected chi connectivity index (χ4v) is 1.44. The molecule has 2 nitrogen and oxygen atoms in total. The van der Waals surface area contributed by atoms with Gasteiger partial charge in [-0.3, -0.25) is 0 Å². The fourth-order valence-electron chi connectivity index (χ4n) is 1.44. The highest BCUT2D eigenvalue weighted by atomic mass is 16.5. The van der Waals surface area contributed by atoms with Crippen LogP contribution in [0.5, 0.6) is 0 Å².